The highest BCUT2D eigenvalue weighted by molar-refractivity contribution is 6.29. The van der Waals surface area contributed by atoms with Crippen molar-refractivity contribution in [3.8, 4) is 5.88 Å². The second-order valence-electron chi connectivity index (χ2n) is 4.78. The van der Waals surface area contributed by atoms with Gasteiger partial charge in [0.15, 0.2) is 0 Å². The zero-order valence-corrected chi connectivity index (χ0v) is 11.5. The number of ether oxygens (including phenoxy) is 2. The summed E-state index contributed by atoms with van der Waals surface area (Å²) in [7, 11) is 0. The van der Waals surface area contributed by atoms with Crippen LogP contribution in [0.4, 0.5) is 0 Å². The first kappa shape index (κ1) is 13.4. The van der Waals surface area contributed by atoms with Gasteiger partial charge in [-0.05, 0) is 29.5 Å². The van der Waals surface area contributed by atoms with Crippen LogP contribution >= 0.6 is 11.6 Å². The Morgan fingerprint density at radius 1 is 1.44 bits per heavy atom. The molecule has 1 aromatic heterocycles. The number of rotatable bonds is 4. The molecule has 3 nitrogen and oxygen atoms in total. The largest absolute Gasteiger partial charge is 0.477 e. The van der Waals surface area contributed by atoms with E-state index in [4.69, 9.17) is 21.1 Å². The lowest BCUT2D eigenvalue weighted by atomic mass is 10.0. The van der Waals surface area contributed by atoms with E-state index in [9.17, 15) is 0 Å². The van der Waals surface area contributed by atoms with Crippen LogP contribution in [-0.2, 0) is 4.74 Å². The number of hydrogen-bond acceptors (Lipinski definition) is 3. The van der Waals surface area contributed by atoms with Crippen LogP contribution in [0.15, 0.2) is 18.2 Å². The Morgan fingerprint density at radius 2 is 2.28 bits per heavy atom. The molecule has 2 rings (SSSR count). The minimum atomic E-state index is 0.469. The highest BCUT2D eigenvalue weighted by Crippen LogP contribution is 2.26. The van der Waals surface area contributed by atoms with Crippen LogP contribution in [0.2, 0.25) is 5.15 Å². The van der Waals surface area contributed by atoms with Gasteiger partial charge >= 0.3 is 0 Å². The van der Waals surface area contributed by atoms with Crippen molar-refractivity contribution in [1.29, 1.82) is 0 Å². The number of halogens is 1. The summed E-state index contributed by atoms with van der Waals surface area (Å²) < 4.78 is 10.9. The van der Waals surface area contributed by atoms with Crippen LogP contribution in [0.5, 0.6) is 5.88 Å². The third kappa shape index (κ3) is 3.72. The molecule has 1 aliphatic heterocycles. The third-order valence-corrected chi connectivity index (χ3v) is 2.86. The highest BCUT2D eigenvalue weighted by atomic mass is 35.5. The molecule has 98 valence electrons. The number of aromatic nitrogens is 1. The van der Waals surface area contributed by atoms with E-state index in [1.54, 1.807) is 0 Å². The molecule has 0 atom stereocenters. The lowest BCUT2D eigenvalue weighted by molar-refractivity contribution is 0.161. The average molecular weight is 268 g/mol. The van der Waals surface area contributed by atoms with Crippen LogP contribution in [0.25, 0.3) is 5.57 Å². The molecule has 1 aliphatic rings. The summed E-state index contributed by atoms with van der Waals surface area (Å²) in [5.41, 5.74) is 2.33. The van der Waals surface area contributed by atoms with Crippen LogP contribution < -0.4 is 4.74 Å². The molecule has 0 radical (unpaired) electrons. The summed E-state index contributed by atoms with van der Waals surface area (Å²) >= 11 is 6.03. The molecule has 0 fully saturated rings. The maximum absolute atomic E-state index is 6.03. The van der Waals surface area contributed by atoms with Gasteiger partial charge in [-0.3, -0.25) is 0 Å². The van der Waals surface area contributed by atoms with Crippen molar-refractivity contribution >= 4 is 17.2 Å². The molecule has 18 heavy (non-hydrogen) atoms. The van der Waals surface area contributed by atoms with Gasteiger partial charge in [0.05, 0.1) is 19.8 Å². The summed E-state index contributed by atoms with van der Waals surface area (Å²) in [6.07, 6.45) is 2.99. The van der Waals surface area contributed by atoms with Crippen LogP contribution in [0, 0.1) is 5.92 Å². The Hall–Kier alpha value is -1.06. The van der Waals surface area contributed by atoms with Gasteiger partial charge in [-0.1, -0.05) is 31.5 Å². The fourth-order valence-corrected chi connectivity index (χ4v) is 1.97. The Balaban J connectivity index is 2.17. The Kier molecular flexibility index (Phi) is 4.61. The molecule has 0 amide bonds. The molecule has 0 bridgehead atoms. The topological polar surface area (TPSA) is 31.4 Å². The van der Waals surface area contributed by atoms with Crippen molar-refractivity contribution < 1.29 is 9.47 Å². The molecule has 0 saturated carbocycles. The summed E-state index contributed by atoms with van der Waals surface area (Å²) in [6, 6.07) is 3.83. The molecular weight excluding hydrogens is 250 g/mol. The lowest BCUT2D eigenvalue weighted by Crippen LogP contribution is -2.07. The summed E-state index contributed by atoms with van der Waals surface area (Å²) in [6.45, 7) is 6.28. The van der Waals surface area contributed by atoms with Crippen molar-refractivity contribution in [1.82, 2.24) is 4.98 Å². The minimum absolute atomic E-state index is 0.469. The predicted molar refractivity (Wildman–Crippen MR) is 73.0 cm³/mol. The molecule has 2 heterocycles. The van der Waals surface area contributed by atoms with E-state index in [2.05, 4.69) is 24.9 Å². The SMILES string of the molecule is CC(C)COc1cc(C2=CCOCC2)cc(Cl)n1. The van der Waals surface area contributed by atoms with Crippen molar-refractivity contribution in [3.05, 3.63) is 28.9 Å². The standard InChI is InChI=1S/C14H18ClNO2/c1-10(2)9-18-14-8-12(7-13(15)16-14)11-3-5-17-6-4-11/h3,7-8,10H,4-6,9H2,1-2H3. The number of nitrogens with zero attached hydrogens (tertiary/aromatic N) is 1. The van der Waals surface area contributed by atoms with Gasteiger partial charge < -0.3 is 9.47 Å². The quantitative estimate of drug-likeness (QED) is 0.782. The Bertz CT molecular complexity index is 443. The first-order valence-corrected chi connectivity index (χ1v) is 6.60. The van der Waals surface area contributed by atoms with E-state index < -0.39 is 0 Å². The number of hydrogen-bond donors (Lipinski definition) is 0. The van der Waals surface area contributed by atoms with Crippen molar-refractivity contribution in [2.45, 2.75) is 20.3 Å². The summed E-state index contributed by atoms with van der Waals surface area (Å²) in [4.78, 5) is 4.19. The van der Waals surface area contributed by atoms with Gasteiger partial charge in [-0.25, -0.2) is 4.98 Å². The number of pyridine rings is 1. The third-order valence-electron chi connectivity index (χ3n) is 2.67. The van der Waals surface area contributed by atoms with E-state index in [0.717, 1.165) is 18.6 Å². The monoisotopic (exact) mass is 267 g/mol. The molecule has 4 heteroatoms. The minimum Gasteiger partial charge on any atom is -0.477 e. The van der Waals surface area contributed by atoms with Gasteiger partial charge in [0.1, 0.15) is 5.15 Å². The zero-order valence-electron chi connectivity index (χ0n) is 10.8. The Labute approximate surface area is 113 Å². The van der Waals surface area contributed by atoms with E-state index in [1.807, 2.05) is 12.1 Å². The van der Waals surface area contributed by atoms with Gasteiger partial charge in [0, 0.05) is 6.07 Å². The average Bonchev–Trinajstić information content (AvgIpc) is 2.37. The van der Waals surface area contributed by atoms with E-state index in [0.29, 0.717) is 30.2 Å². The second-order valence-corrected chi connectivity index (χ2v) is 5.16. The van der Waals surface area contributed by atoms with Crippen LogP contribution in [0.1, 0.15) is 25.8 Å². The lowest BCUT2D eigenvalue weighted by Gasteiger charge is -2.15. The zero-order chi connectivity index (χ0) is 13.0. The first-order valence-electron chi connectivity index (χ1n) is 6.22. The van der Waals surface area contributed by atoms with Crippen LogP contribution in [-0.4, -0.2) is 24.8 Å². The molecule has 0 unspecified atom stereocenters. The van der Waals surface area contributed by atoms with Crippen molar-refractivity contribution in [2.24, 2.45) is 5.92 Å². The fraction of sp³-hybridized carbons (Fsp3) is 0.500. The predicted octanol–water partition coefficient (Wildman–Crippen LogP) is 3.57. The molecular formula is C14H18ClNO2. The van der Waals surface area contributed by atoms with Crippen molar-refractivity contribution in [2.75, 3.05) is 19.8 Å². The summed E-state index contributed by atoms with van der Waals surface area (Å²) in [5, 5.41) is 0.471. The normalized spacial score (nSPS) is 15.7. The molecule has 0 N–H and O–H groups in total. The maximum atomic E-state index is 6.03. The van der Waals surface area contributed by atoms with Crippen LogP contribution in [0.3, 0.4) is 0 Å². The van der Waals surface area contributed by atoms with Crippen molar-refractivity contribution in [3.63, 3.8) is 0 Å². The smallest absolute Gasteiger partial charge is 0.215 e. The Morgan fingerprint density at radius 3 is 2.94 bits per heavy atom. The molecule has 1 aromatic rings. The van der Waals surface area contributed by atoms with Gasteiger partial charge in [0.25, 0.3) is 0 Å². The van der Waals surface area contributed by atoms with Gasteiger partial charge in [0.2, 0.25) is 5.88 Å². The van der Waals surface area contributed by atoms with E-state index in [-0.39, 0.29) is 0 Å². The van der Waals surface area contributed by atoms with E-state index in [1.165, 1.54) is 5.57 Å². The first-order chi connectivity index (χ1) is 8.65. The highest BCUT2D eigenvalue weighted by Gasteiger charge is 2.10. The molecule has 0 spiro atoms. The second kappa shape index (κ2) is 6.21. The molecule has 0 aliphatic carbocycles. The van der Waals surface area contributed by atoms with Gasteiger partial charge in [-0.15, -0.1) is 0 Å². The molecule has 0 saturated heterocycles. The molecule has 0 aromatic carbocycles. The fourth-order valence-electron chi connectivity index (χ4n) is 1.77. The van der Waals surface area contributed by atoms with Gasteiger partial charge in [-0.2, -0.15) is 0 Å². The summed E-state index contributed by atoms with van der Waals surface area (Å²) in [5.74, 6) is 1.06. The maximum Gasteiger partial charge on any atom is 0.215 e. The van der Waals surface area contributed by atoms with E-state index >= 15 is 0 Å².